The van der Waals surface area contributed by atoms with Crippen molar-refractivity contribution in [2.75, 3.05) is 11.9 Å². The maximum atomic E-state index is 15.0. The van der Waals surface area contributed by atoms with E-state index in [-0.39, 0.29) is 17.8 Å². The highest BCUT2D eigenvalue weighted by Gasteiger charge is 2.46. The van der Waals surface area contributed by atoms with Crippen molar-refractivity contribution in [1.82, 2.24) is 14.9 Å². The third-order valence-corrected chi connectivity index (χ3v) is 8.26. The van der Waals surface area contributed by atoms with Gasteiger partial charge in [0.05, 0.1) is 21.6 Å². The number of likely N-dealkylation sites (tertiary alicyclic amines) is 1. The third kappa shape index (κ3) is 4.01. The monoisotopic (exact) mass is 498 g/mol. The Morgan fingerprint density at radius 2 is 2.03 bits per heavy atom. The van der Waals surface area contributed by atoms with Crippen LogP contribution in [0.25, 0.3) is 20.4 Å². The molecule has 1 saturated heterocycles. The Morgan fingerprint density at radius 1 is 1.24 bits per heavy atom. The molecule has 1 aromatic carbocycles. The highest BCUT2D eigenvalue weighted by molar-refractivity contribution is 7.18. The smallest absolute Gasteiger partial charge is 0.410 e. The van der Waals surface area contributed by atoms with Gasteiger partial charge in [-0.2, -0.15) is 0 Å². The van der Waals surface area contributed by atoms with Gasteiger partial charge in [0.25, 0.3) is 0 Å². The van der Waals surface area contributed by atoms with Crippen LogP contribution in [-0.2, 0) is 4.74 Å². The number of benzene rings is 1. The fourth-order valence-electron chi connectivity index (χ4n) is 4.60. The standard InChI is InChI=1S/C25H27FN4O2S2/c1-24(2,3)32-23(31)30-11-9-15(25(30,4)5)19-12-14-16(8-10-27-22(14)34-19)29-17-6-7-18-21(20(17)26)28-13-33-18/h6-8,10,12-13,15H,9,11H2,1-5H3,(H,27,29)/t15-/m1/s1. The summed E-state index contributed by atoms with van der Waals surface area (Å²) in [7, 11) is 0. The van der Waals surface area contributed by atoms with Crippen LogP contribution in [0.4, 0.5) is 20.6 Å². The number of hydrogen-bond acceptors (Lipinski definition) is 7. The van der Waals surface area contributed by atoms with E-state index in [4.69, 9.17) is 4.74 Å². The van der Waals surface area contributed by atoms with Gasteiger partial charge in [0.15, 0.2) is 5.82 Å². The molecule has 6 nitrogen and oxygen atoms in total. The second-order valence-electron chi connectivity index (χ2n) is 10.1. The van der Waals surface area contributed by atoms with E-state index in [1.54, 1.807) is 29.1 Å². The molecular formula is C25H27FN4O2S2. The lowest BCUT2D eigenvalue weighted by molar-refractivity contribution is 0.0119. The Labute approximate surface area is 205 Å². The van der Waals surface area contributed by atoms with Crippen LogP contribution in [-0.4, -0.2) is 38.6 Å². The molecule has 5 rings (SSSR count). The maximum absolute atomic E-state index is 15.0. The second-order valence-corrected chi connectivity index (χ2v) is 12.1. The molecule has 1 atom stereocenters. The van der Waals surface area contributed by atoms with Crippen LogP contribution >= 0.6 is 22.7 Å². The number of anilines is 2. The summed E-state index contributed by atoms with van der Waals surface area (Å²) in [6.45, 7) is 10.5. The third-order valence-electron chi connectivity index (χ3n) is 6.31. The van der Waals surface area contributed by atoms with Gasteiger partial charge in [-0.25, -0.2) is 19.2 Å². The molecule has 4 aromatic rings. The zero-order valence-corrected chi connectivity index (χ0v) is 21.4. The lowest BCUT2D eigenvalue weighted by atomic mass is 9.87. The summed E-state index contributed by atoms with van der Waals surface area (Å²) in [6, 6.07) is 7.60. The summed E-state index contributed by atoms with van der Waals surface area (Å²) >= 11 is 3.04. The highest BCUT2D eigenvalue weighted by atomic mass is 32.1. The number of ether oxygens (including phenoxy) is 1. The van der Waals surface area contributed by atoms with Crippen LogP contribution in [0, 0.1) is 5.82 Å². The van der Waals surface area contributed by atoms with E-state index >= 15 is 0 Å². The van der Waals surface area contributed by atoms with E-state index < -0.39 is 11.1 Å². The minimum absolute atomic E-state index is 0.148. The number of pyridine rings is 1. The van der Waals surface area contributed by atoms with Crippen LogP contribution in [0.3, 0.4) is 0 Å². The number of fused-ring (bicyclic) bond motifs is 2. The number of rotatable bonds is 3. The summed E-state index contributed by atoms with van der Waals surface area (Å²) in [5, 5.41) is 4.18. The Kier molecular flexibility index (Phi) is 5.52. The van der Waals surface area contributed by atoms with Gasteiger partial charge < -0.3 is 15.0 Å². The van der Waals surface area contributed by atoms with Gasteiger partial charge >= 0.3 is 6.09 Å². The largest absolute Gasteiger partial charge is 0.444 e. The molecule has 34 heavy (non-hydrogen) atoms. The molecule has 178 valence electrons. The first-order valence-electron chi connectivity index (χ1n) is 11.2. The van der Waals surface area contributed by atoms with Crippen LogP contribution in [0.1, 0.15) is 51.8 Å². The normalized spacial score (nSPS) is 18.1. The molecule has 1 fully saturated rings. The lowest BCUT2D eigenvalue weighted by Crippen LogP contribution is -2.47. The van der Waals surface area contributed by atoms with Gasteiger partial charge in [-0.3, -0.25) is 0 Å². The van der Waals surface area contributed by atoms with Gasteiger partial charge in [0.2, 0.25) is 0 Å². The highest BCUT2D eigenvalue weighted by Crippen LogP contribution is 2.46. The number of hydrogen-bond donors (Lipinski definition) is 1. The van der Waals surface area contributed by atoms with Crippen LogP contribution in [0.5, 0.6) is 0 Å². The number of carbonyl (C=O) groups is 1. The second kappa shape index (κ2) is 8.16. The Hall–Kier alpha value is -2.78. The Balaban J connectivity index is 1.45. The molecular weight excluding hydrogens is 471 g/mol. The van der Waals surface area contributed by atoms with E-state index in [2.05, 4.69) is 35.2 Å². The molecule has 3 aromatic heterocycles. The van der Waals surface area contributed by atoms with Crippen molar-refractivity contribution in [2.45, 2.75) is 58.1 Å². The van der Waals surface area contributed by atoms with Gasteiger partial charge in [-0.05, 0) is 65.3 Å². The molecule has 4 heterocycles. The summed E-state index contributed by atoms with van der Waals surface area (Å²) < 4.78 is 21.5. The average molecular weight is 499 g/mol. The molecule has 1 amide bonds. The molecule has 0 unspecified atom stereocenters. The number of nitrogens with zero attached hydrogens (tertiary/aromatic N) is 3. The number of thiazole rings is 1. The van der Waals surface area contributed by atoms with Crippen molar-refractivity contribution in [3.8, 4) is 0 Å². The SMILES string of the molecule is CC(C)(C)OC(=O)N1CC[C@H](c2cc3c(Nc4ccc5scnc5c4F)ccnc3s2)C1(C)C. The van der Waals surface area contributed by atoms with E-state index in [9.17, 15) is 9.18 Å². The molecule has 0 spiro atoms. The van der Waals surface area contributed by atoms with E-state index in [0.717, 1.165) is 31.9 Å². The fraction of sp³-hybridized carbons (Fsp3) is 0.400. The number of carbonyl (C=O) groups excluding carboxylic acids is 1. The number of nitrogens with one attached hydrogen (secondary N) is 1. The van der Waals surface area contributed by atoms with Gasteiger partial charge in [-0.1, -0.05) is 0 Å². The molecule has 1 aliphatic rings. The van der Waals surface area contributed by atoms with E-state index in [1.807, 2.05) is 37.8 Å². The van der Waals surface area contributed by atoms with Gasteiger partial charge in [0, 0.05) is 34.5 Å². The van der Waals surface area contributed by atoms with Crippen LogP contribution in [0.15, 0.2) is 36.0 Å². The molecule has 0 saturated carbocycles. The molecule has 0 radical (unpaired) electrons. The summed E-state index contributed by atoms with van der Waals surface area (Å²) in [6.07, 6.45) is 2.29. The number of halogens is 1. The molecule has 1 aliphatic heterocycles. The summed E-state index contributed by atoms with van der Waals surface area (Å²) in [5.41, 5.74) is 2.26. The first kappa shape index (κ1) is 23.0. The van der Waals surface area contributed by atoms with Crippen molar-refractivity contribution >= 4 is 60.6 Å². The molecule has 1 N–H and O–H groups in total. The topological polar surface area (TPSA) is 67.3 Å². The van der Waals surface area contributed by atoms with E-state index in [1.165, 1.54) is 11.3 Å². The van der Waals surface area contributed by atoms with Crippen molar-refractivity contribution < 1.29 is 13.9 Å². The minimum atomic E-state index is -0.538. The molecule has 0 aliphatic carbocycles. The summed E-state index contributed by atoms with van der Waals surface area (Å²) in [4.78, 5) is 25.4. The maximum Gasteiger partial charge on any atom is 0.410 e. The van der Waals surface area contributed by atoms with Crippen molar-refractivity contribution in [3.05, 3.63) is 46.7 Å². The first-order valence-corrected chi connectivity index (χ1v) is 12.9. The minimum Gasteiger partial charge on any atom is -0.444 e. The van der Waals surface area contributed by atoms with E-state index in [0.29, 0.717) is 17.7 Å². The predicted molar refractivity (Wildman–Crippen MR) is 137 cm³/mol. The average Bonchev–Trinajstić information content (AvgIpc) is 3.45. The zero-order valence-electron chi connectivity index (χ0n) is 19.8. The fourth-order valence-corrected chi connectivity index (χ4v) is 6.61. The Bertz CT molecular complexity index is 1390. The lowest BCUT2D eigenvalue weighted by Gasteiger charge is -2.36. The predicted octanol–water partition coefficient (Wildman–Crippen LogP) is 7.29. The zero-order chi connectivity index (χ0) is 24.3. The van der Waals surface area contributed by atoms with Gasteiger partial charge in [0.1, 0.15) is 15.9 Å². The quantitative estimate of drug-likeness (QED) is 0.321. The Morgan fingerprint density at radius 3 is 2.79 bits per heavy atom. The van der Waals surface area contributed by atoms with Crippen LogP contribution in [0.2, 0.25) is 0 Å². The van der Waals surface area contributed by atoms with Crippen molar-refractivity contribution in [2.24, 2.45) is 0 Å². The number of amides is 1. The van der Waals surface area contributed by atoms with Gasteiger partial charge in [-0.15, -0.1) is 22.7 Å². The summed E-state index contributed by atoms with van der Waals surface area (Å²) in [5.74, 6) is -0.209. The van der Waals surface area contributed by atoms with Crippen molar-refractivity contribution in [3.63, 3.8) is 0 Å². The molecule has 9 heteroatoms. The van der Waals surface area contributed by atoms with Crippen LogP contribution < -0.4 is 5.32 Å². The number of thiophene rings is 1. The first-order chi connectivity index (χ1) is 16.0. The molecule has 0 bridgehead atoms. The van der Waals surface area contributed by atoms with Crippen molar-refractivity contribution in [1.29, 1.82) is 0 Å². The number of aromatic nitrogens is 2.